The highest BCUT2D eigenvalue weighted by molar-refractivity contribution is 4.89. The highest BCUT2D eigenvalue weighted by Crippen LogP contribution is 2.29. The van der Waals surface area contributed by atoms with Crippen LogP contribution in [0.5, 0.6) is 0 Å². The third-order valence-corrected chi connectivity index (χ3v) is 2.78. The molecule has 0 aromatic rings. The Morgan fingerprint density at radius 1 is 1.42 bits per heavy atom. The average Bonchev–Trinajstić information content (AvgIpc) is 2.29. The van der Waals surface area contributed by atoms with Crippen LogP contribution in [0.25, 0.3) is 0 Å². The molecule has 1 N–H and O–H groups in total. The van der Waals surface area contributed by atoms with E-state index in [1.807, 2.05) is 0 Å². The highest BCUT2D eigenvalue weighted by atomic mass is 16.3. The molecule has 0 radical (unpaired) electrons. The number of aliphatic hydroxyl groups excluding tert-OH is 1. The molecule has 1 rings (SSSR count). The van der Waals surface area contributed by atoms with Gasteiger partial charge in [-0.2, -0.15) is 0 Å². The lowest BCUT2D eigenvalue weighted by Crippen LogP contribution is -2.43. The Labute approximate surface area is 75.6 Å². The normalized spacial score (nSPS) is 32.8. The summed E-state index contributed by atoms with van der Waals surface area (Å²) in [5.41, 5.74) is 0.253. The number of rotatable bonds is 1. The average molecular weight is 171 g/mol. The van der Waals surface area contributed by atoms with E-state index in [-0.39, 0.29) is 5.54 Å². The van der Waals surface area contributed by atoms with E-state index in [1.54, 1.807) is 0 Å². The summed E-state index contributed by atoms with van der Waals surface area (Å²) in [4.78, 5) is 2.48. The minimum atomic E-state index is 0.253. The third-order valence-electron chi connectivity index (χ3n) is 2.78. The first-order chi connectivity index (χ1) is 5.45. The zero-order chi connectivity index (χ0) is 9.35. The van der Waals surface area contributed by atoms with Crippen LogP contribution in [-0.2, 0) is 0 Å². The topological polar surface area (TPSA) is 23.5 Å². The van der Waals surface area contributed by atoms with E-state index < -0.39 is 0 Å². The number of hydrogen-bond acceptors (Lipinski definition) is 2. The van der Waals surface area contributed by atoms with Gasteiger partial charge in [0.15, 0.2) is 0 Å². The van der Waals surface area contributed by atoms with Crippen LogP contribution in [0.3, 0.4) is 0 Å². The van der Waals surface area contributed by atoms with E-state index in [2.05, 4.69) is 32.6 Å². The van der Waals surface area contributed by atoms with E-state index in [9.17, 15) is 0 Å². The van der Waals surface area contributed by atoms with Gasteiger partial charge < -0.3 is 5.11 Å². The predicted octanol–water partition coefficient (Wildman–Crippen LogP) is 1.49. The second-order valence-electron chi connectivity index (χ2n) is 4.96. The number of nitrogens with zero attached hydrogens (tertiary/aromatic N) is 1. The molecule has 0 spiro atoms. The Balaban J connectivity index is 2.58. The Bertz CT molecular complexity index is 150. The molecule has 0 amide bonds. The summed E-state index contributed by atoms with van der Waals surface area (Å²) in [6.07, 6.45) is 1.15. The molecule has 2 heteroatoms. The lowest BCUT2D eigenvalue weighted by Gasteiger charge is -2.35. The maximum atomic E-state index is 9.04. The van der Waals surface area contributed by atoms with Crippen LogP contribution in [0, 0.1) is 5.92 Å². The van der Waals surface area contributed by atoms with Crippen LogP contribution < -0.4 is 0 Å². The van der Waals surface area contributed by atoms with Gasteiger partial charge in [0.05, 0.1) is 0 Å². The molecule has 2 nitrogen and oxygen atoms in total. The molecule has 0 aromatic carbocycles. The summed E-state index contributed by atoms with van der Waals surface area (Å²) in [5.74, 6) is 0.499. The minimum absolute atomic E-state index is 0.253. The van der Waals surface area contributed by atoms with Crippen LogP contribution in [0.15, 0.2) is 0 Å². The van der Waals surface area contributed by atoms with Gasteiger partial charge >= 0.3 is 0 Å². The molecule has 2 atom stereocenters. The fraction of sp³-hybridized carbons (Fsp3) is 1.00. The molecule has 12 heavy (non-hydrogen) atoms. The Hall–Kier alpha value is -0.0800. The summed E-state index contributed by atoms with van der Waals surface area (Å²) in [6.45, 7) is 10.4. The van der Waals surface area contributed by atoms with Crippen molar-refractivity contribution >= 4 is 0 Å². The molecule has 1 aliphatic rings. The van der Waals surface area contributed by atoms with Crippen molar-refractivity contribution in [3.8, 4) is 0 Å². The van der Waals surface area contributed by atoms with Gasteiger partial charge in [0.1, 0.15) is 0 Å². The molecule has 72 valence electrons. The van der Waals surface area contributed by atoms with Gasteiger partial charge in [-0.3, -0.25) is 4.90 Å². The minimum Gasteiger partial charge on any atom is -0.396 e. The fourth-order valence-corrected chi connectivity index (χ4v) is 2.21. The molecule has 0 aliphatic carbocycles. The first kappa shape index (κ1) is 10.0. The van der Waals surface area contributed by atoms with Crippen molar-refractivity contribution in [1.29, 1.82) is 0 Å². The lowest BCUT2D eigenvalue weighted by molar-refractivity contribution is 0.122. The Morgan fingerprint density at radius 2 is 2.00 bits per heavy atom. The van der Waals surface area contributed by atoms with E-state index in [0.717, 1.165) is 13.0 Å². The molecule has 0 saturated carbocycles. The van der Waals surface area contributed by atoms with Crippen LogP contribution >= 0.6 is 0 Å². The molecule has 0 aromatic heterocycles. The molecule has 1 fully saturated rings. The maximum absolute atomic E-state index is 9.04. The molecular formula is C10H21NO. The van der Waals surface area contributed by atoms with Gasteiger partial charge in [0, 0.05) is 24.7 Å². The van der Waals surface area contributed by atoms with Crippen molar-refractivity contribution < 1.29 is 5.11 Å². The zero-order valence-corrected chi connectivity index (χ0v) is 8.67. The van der Waals surface area contributed by atoms with Gasteiger partial charge in [0.2, 0.25) is 0 Å². The zero-order valence-electron chi connectivity index (χ0n) is 8.67. The molecule has 0 bridgehead atoms. The van der Waals surface area contributed by atoms with Crippen molar-refractivity contribution in [2.24, 2.45) is 5.92 Å². The third kappa shape index (κ3) is 1.99. The summed E-state index contributed by atoms with van der Waals surface area (Å²) in [7, 11) is 0. The Kier molecular flexibility index (Phi) is 2.79. The summed E-state index contributed by atoms with van der Waals surface area (Å²) in [6, 6.07) is 0.627. The van der Waals surface area contributed by atoms with Crippen molar-refractivity contribution in [2.45, 2.75) is 45.7 Å². The Morgan fingerprint density at radius 3 is 2.25 bits per heavy atom. The van der Waals surface area contributed by atoms with E-state index in [0.29, 0.717) is 18.6 Å². The second-order valence-corrected chi connectivity index (χ2v) is 4.96. The van der Waals surface area contributed by atoms with Gasteiger partial charge in [0.25, 0.3) is 0 Å². The predicted molar refractivity (Wildman–Crippen MR) is 51.1 cm³/mol. The smallest absolute Gasteiger partial charge is 0.0472 e. The van der Waals surface area contributed by atoms with E-state index >= 15 is 0 Å². The number of aliphatic hydroxyl groups is 1. The first-order valence-corrected chi connectivity index (χ1v) is 4.82. The van der Waals surface area contributed by atoms with E-state index in [4.69, 9.17) is 5.11 Å². The van der Waals surface area contributed by atoms with Crippen molar-refractivity contribution in [3.63, 3.8) is 0 Å². The van der Waals surface area contributed by atoms with Gasteiger partial charge in [-0.15, -0.1) is 0 Å². The maximum Gasteiger partial charge on any atom is 0.0472 e. The molecule has 0 unspecified atom stereocenters. The number of likely N-dealkylation sites (tertiary alicyclic amines) is 1. The van der Waals surface area contributed by atoms with E-state index in [1.165, 1.54) is 0 Å². The molecule has 1 heterocycles. The van der Waals surface area contributed by atoms with Crippen molar-refractivity contribution in [1.82, 2.24) is 4.90 Å². The van der Waals surface area contributed by atoms with Crippen LogP contribution in [0.4, 0.5) is 0 Å². The molecule has 1 saturated heterocycles. The van der Waals surface area contributed by atoms with Gasteiger partial charge in [-0.25, -0.2) is 0 Å². The largest absolute Gasteiger partial charge is 0.396 e. The van der Waals surface area contributed by atoms with Crippen LogP contribution in [0.2, 0.25) is 0 Å². The monoisotopic (exact) mass is 171 g/mol. The quantitative estimate of drug-likeness (QED) is 0.646. The van der Waals surface area contributed by atoms with Gasteiger partial charge in [-0.05, 0) is 40.0 Å². The van der Waals surface area contributed by atoms with Crippen molar-refractivity contribution in [2.75, 3.05) is 13.2 Å². The summed E-state index contributed by atoms with van der Waals surface area (Å²) in [5, 5.41) is 9.04. The second kappa shape index (κ2) is 3.35. The summed E-state index contributed by atoms with van der Waals surface area (Å²) < 4.78 is 0. The highest BCUT2D eigenvalue weighted by Gasteiger charge is 2.34. The molecular weight excluding hydrogens is 150 g/mol. The van der Waals surface area contributed by atoms with Crippen LogP contribution in [0.1, 0.15) is 34.1 Å². The molecule has 1 aliphatic heterocycles. The van der Waals surface area contributed by atoms with Crippen molar-refractivity contribution in [3.05, 3.63) is 0 Å². The summed E-state index contributed by atoms with van der Waals surface area (Å²) >= 11 is 0. The number of hydrogen-bond donors (Lipinski definition) is 1. The van der Waals surface area contributed by atoms with Gasteiger partial charge in [-0.1, -0.05) is 0 Å². The lowest BCUT2D eigenvalue weighted by atomic mass is 10.1. The SMILES string of the molecule is C[C@@H]1C[C@@H](CO)CN1C(C)(C)C. The first-order valence-electron chi connectivity index (χ1n) is 4.82. The van der Waals surface area contributed by atoms with Crippen LogP contribution in [-0.4, -0.2) is 34.7 Å². The fourth-order valence-electron chi connectivity index (χ4n) is 2.21. The standard InChI is InChI=1S/C10H21NO/c1-8-5-9(7-12)6-11(8)10(2,3)4/h8-9,12H,5-7H2,1-4H3/t8-,9-/m1/s1.